The summed E-state index contributed by atoms with van der Waals surface area (Å²) in [5.41, 5.74) is 0. The molecule has 0 radical (unpaired) electrons. The van der Waals surface area contributed by atoms with E-state index in [9.17, 15) is 0 Å². The predicted molar refractivity (Wildman–Crippen MR) is 120 cm³/mol. The molecule has 0 aromatic rings. The first-order chi connectivity index (χ1) is 14.7. The van der Waals surface area contributed by atoms with E-state index in [2.05, 4.69) is 27.7 Å². The van der Waals surface area contributed by atoms with Crippen LogP contribution in [0.3, 0.4) is 0 Å². The second-order valence-corrected chi connectivity index (χ2v) is 7.35. The van der Waals surface area contributed by atoms with E-state index in [4.69, 9.17) is 28.5 Å². The molecule has 2 unspecified atom stereocenters. The molecule has 0 aromatic carbocycles. The maximum absolute atomic E-state index is 6.25. The summed E-state index contributed by atoms with van der Waals surface area (Å²) in [6.07, 6.45) is 7.93. The lowest BCUT2D eigenvalue weighted by Crippen LogP contribution is -2.60. The van der Waals surface area contributed by atoms with Crippen molar-refractivity contribution in [1.82, 2.24) is 5.06 Å². The number of rotatable bonds is 23. The van der Waals surface area contributed by atoms with Crippen LogP contribution in [0.25, 0.3) is 0 Å². The monoisotopic (exact) mass is 435 g/mol. The van der Waals surface area contributed by atoms with Crippen LogP contribution in [-0.2, 0) is 28.5 Å². The topological polar surface area (TPSA) is 58.6 Å². The molecule has 0 aliphatic carbocycles. The minimum absolute atomic E-state index is 0.461. The Morgan fingerprint density at radius 1 is 0.633 bits per heavy atom. The van der Waals surface area contributed by atoms with Crippen LogP contribution in [0.5, 0.6) is 0 Å². The molecule has 30 heavy (non-hydrogen) atoms. The zero-order chi connectivity index (χ0) is 22.5. The summed E-state index contributed by atoms with van der Waals surface area (Å²) in [6, 6.07) is 0. The minimum Gasteiger partial charge on any atom is -0.341 e. The Morgan fingerprint density at radius 3 is 1.77 bits per heavy atom. The van der Waals surface area contributed by atoms with Gasteiger partial charge in [-0.05, 0) is 32.6 Å². The lowest BCUT2D eigenvalue weighted by atomic mass is 10.2. The lowest BCUT2D eigenvalue weighted by molar-refractivity contribution is -0.547. The summed E-state index contributed by atoms with van der Waals surface area (Å²) in [5.74, 6) is 0. The first-order valence-electron chi connectivity index (χ1n) is 12.1. The number of nitrogens with zero attached hydrogens (tertiary/aromatic N) is 1. The largest absolute Gasteiger partial charge is 0.380 e. The smallest absolute Gasteiger partial charge is 0.341 e. The van der Waals surface area contributed by atoms with E-state index in [0.717, 1.165) is 51.4 Å². The molecule has 0 saturated carbocycles. The van der Waals surface area contributed by atoms with Gasteiger partial charge in [-0.2, -0.15) is 0 Å². The number of ether oxygens (including phenoxy) is 5. The van der Waals surface area contributed by atoms with E-state index >= 15 is 0 Å². The molecular weight excluding hydrogens is 386 g/mol. The van der Waals surface area contributed by atoms with Crippen molar-refractivity contribution < 1.29 is 28.5 Å². The second-order valence-electron chi connectivity index (χ2n) is 7.35. The highest BCUT2D eigenvalue weighted by atomic mass is 17.0. The summed E-state index contributed by atoms with van der Waals surface area (Å²) in [5, 5.41) is 1.50. The molecule has 0 aliphatic heterocycles. The van der Waals surface area contributed by atoms with E-state index in [1.807, 2.05) is 6.92 Å². The molecule has 2 atom stereocenters. The van der Waals surface area contributed by atoms with Crippen molar-refractivity contribution in [3.8, 4) is 0 Å². The van der Waals surface area contributed by atoms with Gasteiger partial charge >= 0.3 is 6.10 Å². The third-order valence-corrected chi connectivity index (χ3v) is 4.50. The molecule has 0 N–H and O–H groups in total. The number of unbranched alkanes of at least 4 members (excludes halogenated alkanes) is 6. The van der Waals surface area contributed by atoms with Gasteiger partial charge in [0.25, 0.3) is 0 Å². The third-order valence-electron chi connectivity index (χ3n) is 4.50. The fourth-order valence-electron chi connectivity index (χ4n) is 2.78. The highest BCUT2D eigenvalue weighted by molar-refractivity contribution is 4.59. The van der Waals surface area contributed by atoms with Crippen molar-refractivity contribution in [2.75, 3.05) is 40.1 Å². The molecule has 0 amide bonds. The van der Waals surface area contributed by atoms with E-state index in [-0.39, 0.29) is 0 Å². The maximum atomic E-state index is 6.25. The van der Waals surface area contributed by atoms with Crippen LogP contribution < -0.4 is 0 Å². The van der Waals surface area contributed by atoms with Gasteiger partial charge in [0.1, 0.15) is 0 Å². The minimum atomic E-state index is -1.50. The van der Waals surface area contributed by atoms with Gasteiger partial charge in [-0.25, -0.2) is 0 Å². The van der Waals surface area contributed by atoms with Gasteiger partial charge in [0.2, 0.25) is 6.41 Å². The van der Waals surface area contributed by atoms with E-state index in [1.54, 1.807) is 7.11 Å². The molecule has 0 heterocycles. The molecule has 0 saturated heterocycles. The van der Waals surface area contributed by atoms with Crippen molar-refractivity contribution in [3.05, 3.63) is 0 Å². The SMILES string of the molecule is CCCCCCON(C(OC)OCC)C(OCCC)(OCCCC)OCCCCC. The fraction of sp³-hybridized carbons (Fsp3) is 1.00. The molecule has 0 fully saturated rings. The van der Waals surface area contributed by atoms with Crippen LogP contribution >= 0.6 is 0 Å². The Bertz CT molecular complexity index is 361. The van der Waals surface area contributed by atoms with Crippen molar-refractivity contribution in [2.45, 2.75) is 111 Å². The summed E-state index contributed by atoms with van der Waals surface area (Å²) < 4.78 is 30.0. The molecule has 0 rings (SSSR count). The van der Waals surface area contributed by atoms with E-state index in [0.29, 0.717) is 33.0 Å². The average Bonchev–Trinajstić information content (AvgIpc) is 2.76. The van der Waals surface area contributed by atoms with Gasteiger partial charge in [0, 0.05) is 13.7 Å². The summed E-state index contributed by atoms with van der Waals surface area (Å²) in [7, 11) is 1.58. The third kappa shape index (κ3) is 12.5. The van der Waals surface area contributed by atoms with Gasteiger partial charge < -0.3 is 23.7 Å². The first-order valence-corrected chi connectivity index (χ1v) is 12.1. The molecular formula is C23H49NO6. The first kappa shape index (κ1) is 29.7. The van der Waals surface area contributed by atoms with Crippen LogP contribution in [0.15, 0.2) is 0 Å². The Hall–Kier alpha value is -0.280. The van der Waals surface area contributed by atoms with Crippen LogP contribution in [0.4, 0.5) is 0 Å². The van der Waals surface area contributed by atoms with Crippen molar-refractivity contribution >= 4 is 0 Å². The Labute approximate surface area is 185 Å². The molecule has 0 aliphatic rings. The lowest BCUT2D eigenvalue weighted by Gasteiger charge is -2.42. The van der Waals surface area contributed by atoms with E-state index < -0.39 is 12.5 Å². The van der Waals surface area contributed by atoms with Crippen LogP contribution in [0.1, 0.15) is 98.8 Å². The quantitative estimate of drug-likeness (QED) is 0.114. The fourth-order valence-corrected chi connectivity index (χ4v) is 2.78. The van der Waals surface area contributed by atoms with Gasteiger partial charge in [0.05, 0.1) is 26.4 Å². The Morgan fingerprint density at radius 2 is 1.20 bits per heavy atom. The highest BCUT2D eigenvalue weighted by Gasteiger charge is 2.47. The molecule has 7 nitrogen and oxygen atoms in total. The van der Waals surface area contributed by atoms with Gasteiger partial charge in [-0.3, -0.25) is 4.84 Å². The summed E-state index contributed by atoms with van der Waals surface area (Å²) in [4.78, 5) is 6.15. The molecule has 182 valence electrons. The molecule has 7 heteroatoms. The standard InChI is InChI=1S/C23H49NO6/c1-7-12-15-17-21-30-24(22(25-6)26-11-5)23(27-18-10-4,28-19-14-9-3)29-20-16-13-8-2/h22H,7-21H2,1-6H3. The van der Waals surface area contributed by atoms with Crippen molar-refractivity contribution in [2.24, 2.45) is 0 Å². The average molecular weight is 436 g/mol. The van der Waals surface area contributed by atoms with Gasteiger partial charge in [-0.15, -0.1) is 0 Å². The highest BCUT2D eigenvalue weighted by Crippen LogP contribution is 2.27. The number of hydrogen-bond donors (Lipinski definition) is 0. The number of hydroxylamine groups is 2. The van der Waals surface area contributed by atoms with Crippen molar-refractivity contribution in [3.63, 3.8) is 0 Å². The zero-order valence-electron chi connectivity index (χ0n) is 20.6. The van der Waals surface area contributed by atoms with Crippen molar-refractivity contribution in [1.29, 1.82) is 0 Å². The Kier molecular flexibility index (Phi) is 20.4. The molecule has 0 bridgehead atoms. The van der Waals surface area contributed by atoms with Crippen LogP contribution in [0.2, 0.25) is 0 Å². The zero-order valence-corrected chi connectivity index (χ0v) is 20.6. The maximum Gasteiger partial charge on any atom is 0.380 e. The summed E-state index contributed by atoms with van der Waals surface area (Å²) in [6.45, 7) is 12.9. The number of hydrogen-bond acceptors (Lipinski definition) is 7. The second kappa shape index (κ2) is 20.6. The van der Waals surface area contributed by atoms with E-state index in [1.165, 1.54) is 17.9 Å². The van der Waals surface area contributed by atoms with Crippen LogP contribution in [-0.4, -0.2) is 57.7 Å². The molecule has 0 aromatic heterocycles. The number of methoxy groups -OCH3 is 1. The normalized spacial score (nSPS) is 14.9. The Balaban J connectivity index is 5.60. The molecule has 0 spiro atoms. The van der Waals surface area contributed by atoms with Gasteiger partial charge in [-0.1, -0.05) is 71.3 Å². The van der Waals surface area contributed by atoms with Crippen LogP contribution in [0, 0.1) is 0 Å². The predicted octanol–water partition coefficient (Wildman–Crippen LogP) is 5.83. The van der Waals surface area contributed by atoms with Gasteiger partial charge in [0.15, 0.2) is 0 Å². The summed E-state index contributed by atoms with van der Waals surface area (Å²) >= 11 is 0.